The van der Waals surface area contributed by atoms with Crippen LogP contribution in [0, 0.1) is 0 Å². The summed E-state index contributed by atoms with van der Waals surface area (Å²) in [5, 5.41) is 12.7. The average Bonchev–Trinajstić information content (AvgIpc) is 2.40. The van der Waals surface area contributed by atoms with Crippen molar-refractivity contribution in [3.63, 3.8) is 0 Å². The van der Waals surface area contributed by atoms with E-state index in [9.17, 15) is 0 Å². The van der Waals surface area contributed by atoms with Gasteiger partial charge in [0.05, 0.1) is 0 Å². The van der Waals surface area contributed by atoms with Crippen molar-refractivity contribution in [1.29, 1.82) is 0 Å². The second-order valence-corrected chi connectivity index (χ2v) is 24.2. The van der Waals surface area contributed by atoms with Crippen molar-refractivity contribution in [2.24, 2.45) is 0 Å². The standard InChI is InChI=1S/C12H24Se4.Br2Ge/c1-5-13-7-2-9-15-11-4-12-16-10-3-8-14-6-1;1-3-2/h1-12H2;. The third kappa shape index (κ3) is 21.6. The first-order chi connectivity index (χ1) is 9.41. The van der Waals surface area contributed by atoms with Crippen molar-refractivity contribution in [3.05, 3.63) is 0 Å². The molecule has 1 rings (SSSR count). The molecule has 0 aromatic carbocycles. The Morgan fingerprint density at radius 1 is 0.474 bits per heavy atom. The minimum atomic E-state index is 0.125. The molecule has 1 fully saturated rings. The molecule has 1 aliphatic rings. The van der Waals surface area contributed by atoms with Gasteiger partial charge >= 0.3 is 168 Å². The van der Waals surface area contributed by atoms with E-state index in [0.717, 1.165) is 59.8 Å². The van der Waals surface area contributed by atoms with E-state index in [0.29, 0.717) is 0 Å². The van der Waals surface area contributed by atoms with Crippen LogP contribution >= 0.6 is 28.0 Å². The van der Waals surface area contributed by atoms with Crippen LogP contribution in [-0.4, -0.2) is 71.6 Å². The molecule has 1 aliphatic heterocycles. The number of halogens is 2. The molecule has 0 spiro atoms. The van der Waals surface area contributed by atoms with E-state index in [1.807, 2.05) is 0 Å². The van der Waals surface area contributed by atoms with Gasteiger partial charge in [-0.05, 0) is 0 Å². The Labute approximate surface area is 165 Å². The van der Waals surface area contributed by atoms with Crippen molar-refractivity contribution >= 4 is 99.6 Å². The summed E-state index contributed by atoms with van der Waals surface area (Å²) >= 11 is 10.5. The molecular formula is C12H24Br2GeSe4. The first-order valence-corrected chi connectivity index (χ1v) is 26.2. The predicted molar refractivity (Wildman–Crippen MR) is 104 cm³/mol. The zero-order chi connectivity index (χ0) is 14.0. The van der Waals surface area contributed by atoms with Crippen LogP contribution in [0.25, 0.3) is 0 Å². The van der Waals surface area contributed by atoms with Crippen molar-refractivity contribution in [2.45, 2.75) is 68.2 Å². The molecular weight excluding hydrogens is 692 g/mol. The summed E-state index contributed by atoms with van der Waals surface area (Å²) in [5.41, 5.74) is 0. The number of hydrogen-bond acceptors (Lipinski definition) is 0. The number of hydrogen-bond donors (Lipinski definition) is 0. The van der Waals surface area contributed by atoms with Gasteiger partial charge in [0.1, 0.15) is 0 Å². The summed E-state index contributed by atoms with van der Waals surface area (Å²) in [6.45, 7) is 0. The van der Waals surface area contributed by atoms with Crippen LogP contribution in [0.5, 0.6) is 0 Å². The summed E-state index contributed by atoms with van der Waals surface area (Å²) in [4.78, 5) is 0. The molecule has 0 aromatic heterocycles. The van der Waals surface area contributed by atoms with Gasteiger partial charge in [-0.15, -0.1) is 0 Å². The van der Waals surface area contributed by atoms with E-state index in [4.69, 9.17) is 0 Å². The van der Waals surface area contributed by atoms with Crippen molar-refractivity contribution in [2.75, 3.05) is 0 Å². The molecule has 19 heavy (non-hydrogen) atoms. The minimum absolute atomic E-state index is 0.125. The molecule has 114 valence electrons. The molecule has 0 bridgehead atoms. The van der Waals surface area contributed by atoms with Crippen molar-refractivity contribution < 1.29 is 0 Å². The van der Waals surface area contributed by atoms with E-state index in [2.05, 4.69) is 28.0 Å². The Balaban J connectivity index is 0.000000982. The van der Waals surface area contributed by atoms with Crippen LogP contribution in [0.2, 0.25) is 42.6 Å². The van der Waals surface area contributed by atoms with Gasteiger partial charge < -0.3 is 0 Å². The summed E-state index contributed by atoms with van der Waals surface area (Å²) < 4.78 is 0. The first kappa shape index (κ1) is 22.6. The first-order valence-electron chi connectivity index (χ1n) is 6.69. The third-order valence-corrected chi connectivity index (χ3v) is 12.0. The molecule has 1 saturated heterocycles. The van der Waals surface area contributed by atoms with Crippen LogP contribution < -0.4 is 0 Å². The van der Waals surface area contributed by atoms with Gasteiger partial charge in [0, 0.05) is 0 Å². The second-order valence-electron chi connectivity index (χ2n) is 3.94. The van der Waals surface area contributed by atoms with E-state index in [1.165, 1.54) is 0 Å². The maximum atomic E-state index is 3.19. The molecule has 0 saturated carbocycles. The van der Waals surface area contributed by atoms with E-state index in [-0.39, 0.29) is 11.7 Å². The summed E-state index contributed by atoms with van der Waals surface area (Å²) in [6, 6.07) is 0. The van der Waals surface area contributed by atoms with Crippen LogP contribution in [0.1, 0.15) is 25.7 Å². The Hall–Kier alpha value is 3.58. The average molecular weight is 717 g/mol. The molecule has 2 radical (unpaired) electrons. The molecule has 0 N–H and O–H groups in total. The van der Waals surface area contributed by atoms with Gasteiger partial charge in [0.2, 0.25) is 0 Å². The Bertz CT molecular complexity index is 103. The van der Waals surface area contributed by atoms with Gasteiger partial charge in [-0.2, -0.15) is 0 Å². The quantitative estimate of drug-likeness (QED) is 0.309. The second kappa shape index (κ2) is 21.6. The van der Waals surface area contributed by atoms with Gasteiger partial charge in [-0.25, -0.2) is 0 Å². The van der Waals surface area contributed by atoms with Crippen LogP contribution in [0.3, 0.4) is 0 Å². The molecule has 7 heteroatoms. The van der Waals surface area contributed by atoms with Crippen LogP contribution in [0.15, 0.2) is 0 Å². The Kier molecular flexibility index (Phi) is 25.6. The molecule has 0 amide bonds. The third-order valence-electron chi connectivity index (χ3n) is 2.31. The zero-order valence-electron chi connectivity index (χ0n) is 11.4. The van der Waals surface area contributed by atoms with Gasteiger partial charge in [0.25, 0.3) is 0 Å². The number of rotatable bonds is 0. The SMILES string of the molecule is C1C[Se]CCC[Se]CCC[Se]CCC[Se]C1.[Br][Ge][Br]. The van der Waals surface area contributed by atoms with Gasteiger partial charge in [-0.3, -0.25) is 0 Å². The molecule has 0 unspecified atom stereocenters. The van der Waals surface area contributed by atoms with Gasteiger partial charge in [-0.1, -0.05) is 0 Å². The topological polar surface area (TPSA) is 0 Å². The molecule has 1 heterocycles. The van der Waals surface area contributed by atoms with E-state index in [1.54, 1.807) is 68.2 Å². The molecule has 0 aromatic rings. The van der Waals surface area contributed by atoms with Crippen molar-refractivity contribution in [1.82, 2.24) is 0 Å². The summed E-state index contributed by atoms with van der Waals surface area (Å²) in [5.74, 6) is 0. The van der Waals surface area contributed by atoms with Crippen LogP contribution in [0.4, 0.5) is 0 Å². The van der Waals surface area contributed by atoms with Crippen molar-refractivity contribution in [3.8, 4) is 0 Å². The Morgan fingerprint density at radius 2 is 0.632 bits per heavy atom. The molecule has 0 aliphatic carbocycles. The van der Waals surface area contributed by atoms with E-state index >= 15 is 0 Å². The van der Waals surface area contributed by atoms with Crippen LogP contribution in [-0.2, 0) is 0 Å². The summed E-state index contributed by atoms with van der Waals surface area (Å²) in [6.07, 6.45) is 6.26. The fourth-order valence-corrected chi connectivity index (χ4v) is 12.7. The van der Waals surface area contributed by atoms with Gasteiger partial charge in [0.15, 0.2) is 0 Å². The molecule has 0 atom stereocenters. The fourth-order valence-electron chi connectivity index (χ4n) is 1.46. The Morgan fingerprint density at radius 3 is 0.789 bits per heavy atom. The zero-order valence-corrected chi connectivity index (χ0v) is 23.5. The predicted octanol–water partition coefficient (Wildman–Crippen LogP) is 5.03. The normalized spacial score (nSPS) is 21.2. The maximum absolute atomic E-state index is 3.19. The summed E-state index contributed by atoms with van der Waals surface area (Å²) in [7, 11) is 0. The molecule has 0 nitrogen and oxygen atoms in total. The van der Waals surface area contributed by atoms with E-state index < -0.39 is 0 Å². The monoisotopic (exact) mass is 720 g/mol. The fraction of sp³-hybridized carbons (Fsp3) is 1.00.